The molecule has 2 unspecified atom stereocenters. The summed E-state index contributed by atoms with van der Waals surface area (Å²) in [5, 5.41) is 20.6. The SMILES string of the molecule is CCC1CC(=O)N(Cc2ccc([N+](=O)[O-])cc2)N=C1c1ccc(OC)c(OC(F)F)c1.CCC1CC(=O)NN=C1c1ccc(OC)c(OC(F)F)c1. The molecule has 0 aromatic heterocycles. The Bertz CT molecular complexity index is 1810. The predicted molar refractivity (Wildman–Crippen MR) is 181 cm³/mol. The summed E-state index contributed by atoms with van der Waals surface area (Å²) in [5.74, 6) is -0.375. The van der Waals surface area contributed by atoms with Gasteiger partial charge in [-0.1, -0.05) is 26.0 Å². The largest absolute Gasteiger partial charge is 0.493 e. The third kappa shape index (κ3) is 9.95. The number of nitro groups is 1. The quantitative estimate of drug-likeness (QED) is 0.113. The van der Waals surface area contributed by atoms with E-state index >= 15 is 0 Å². The fourth-order valence-electron chi connectivity index (χ4n) is 5.60. The number of methoxy groups -OCH3 is 2. The number of carbonyl (C=O) groups excluding carboxylic acids is 2. The Hall–Kier alpha value is -5.74. The summed E-state index contributed by atoms with van der Waals surface area (Å²) in [6.07, 6.45) is 1.89. The zero-order chi connectivity index (χ0) is 37.9. The number of benzene rings is 3. The van der Waals surface area contributed by atoms with Gasteiger partial charge in [-0.15, -0.1) is 0 Å². The van der Waals surface area contributed by atoms with Crippen LogP contribution in [-0.2, 0) is 16.1 Å². The van der Waals surface area contributed by atoms with Crippen LogP contribution < -0.4 is 24.4 Å². The number of nitrogens with zero attached hydrogens (tertiary/aromatic N) is 4. The summed E-state index contributed by atoms with van der Waals surface area (Å²) in [4.78, 5) is 34.3. The molecule has 3 aromatic carbocycles. The number of halogens is 4. The van der Waals surface area contributed by atoms with E-state index in [9.17, 15) is 37.3 Å². The van der Waals surface area contributed by atoms with Crippen LogP contribution >= 0.6 is 0 Å². The number of hydrogen-bond donors (Lipinski definition) is 1. The molecule has 52 heavy (non-hydrogen) atoms. The molecule has 2 amide bonds. The normalized spacial score (nSPS) is 17.1. The molecular weight excluding hydrogens is 694 g/mol. The first kappa shape index (κ1) is 39.1. The van der Waals surface area contributed by atoms with Gasteiger partial charge in [0.1, 0.15) is 0 Å². The zero-order valence-electron chi connectivity index (χ0n) is 28.7. The highest BCUT2D eigenvalue weighted by molar-refractivity contribution is 6.07. The first-order valence-corrected chi connectivity index (χ1v) is 16.1. The van der Waals surface area contributed by atoms with Gasteiger partial charge in [-0.05, 0) is 54.8 Å². The summed E-state index contributed by atoms with van der Waals surface area (Å²) < 4.78 is 69.5. The molecule has 0 saturated heterocycles. The molecule has 2 aliphatic heterocycles. The minimum Gasteiger partial charge on any atom is -0.493 e. The molecule has 0 aliphatic carbocycles. The lowest BCUT2D eigenvalue weighted by Crippen LogP contribution is -2.36. The van der Waals surface area contributed by atoms with E-state index in [2.05, 4.69) is 25.1 Å². The molecule has 2 atom stereocenters. The highest BCUT2D eigenvalue weighted by atomic mass is 19.3. The van der Waals surface area contributed by atoms with E-state index in [1.807, 2.05) is 13.8 Å². The van der Waals surface area contributed by atoms with Crippen molar-refractivity contribution in [3.8, 4) is 23.0 Å². The number of nitrogens with one attached hydrogen (secondary N) is 1. The van der Waals surface area contributed by atoms with Crippen molar-refractivity contribution in [2.24, 2.45) is 22.0 Å². The van der Waals surface area contributed by atoms with Crippen molar-refractivity contribution in [1.29, 1.82) is 0 Å². The molecule has 0 radical (unpaired) electrons. The van der Waals surface area contributed by atoms with Gasteiger partial charge < -0.3 is 18.9 Å². The van der Waals surface area contributed by atoms with Gasteiger partial charge in [0.15, 0.2) is 23.0 Å². The molecule has 1 N–H and O–H groups in total. The van der Waals surface area contributed by atoms with Crippen molar-refractivity contribution < 1.29 is 51.0 Å². The maximum Gasteiger partial charge on any atom is 0.387 e. The molecule has 3 aromatic rings. The minimum absolute atomic E-state index is 0.0475. The maximum absolute atomic E-state index is 12.8. The van der Waals surface area contributed by atoms with Gasteiger partial charge in [0, 0.05) is 47.9 Å². The number of hydrazone groups is 2. The average molecular weight is 732 g/mol. The van der Waals surface area contributed by atoms with Crippen molar-refractivity contribution in [3.63, 3.8) is 0 Å². The number of non-ortho nitro benzene ring substituents is 1. The molecular formula is C35H37F4N5O8. The van der Waals surface area contributed by atoms with E-state index in [0.717, 1.165) is 6.42 Å². The lowest BCUT2D eigenvalue weighted by Gasteiger charge is -2.29. The van der Waals surface area contributed by atoms with Crippen LogP contribution in [0.25, 0.3) is 0 Å². The van der Waals surface area contributed by atoms with Crippen molar-refractivity contribution in [2.75, 3.05) is 14.2 Å². The van der Waals surface area contributed by atoms with Crippen LogP contribution in [0.1, 0.15) is 56.2 Å². The number of carbonyl (C=O) groups is 2. The number of nitro benzene ring substituents is 1. The highest BCUT2D eigenvalue weighted by Gasteiger charge is 2.30. The van der Waals surface area contributed by atoms with E-state index in [1.54, 1.807) is 30.3 Å². The molecule has 0 saturated carbocycles. The third-order valence-corrected chi connectivity index (χ3v) is 8.26. The van der Waals surface area contributed by atoms with Gasteiger partial charge in [0.25, 0.3) is 5.69 Å². The van der Waals surface area contributed by atoms with Crippen LogP contribution in [0.5, 0.6) is 23.0 Å². The molecule has 278 valence electrons. The van der Waals surface area contributed by atoms with Gasteiger partial charge in [0.2, 0.25) is 11.8 Å². The van der Waals surface area contributed by atoms with Crippen LogP contribution in [0.4, 0.5) is 23.2 Å². The summed E-state index contributed by atoms with van der Waals surface area (Å²) in [6, 6.07) is 15.2. The van der Waals surface area contributed by atoms with Crippen molar-refractivity contribution in [2.45, 2.75) is 59.3 Å². The molecule has 0 spiro atoms. The molecule has 2 heterocycles. The Morgan fingerprint density at radius 2 is 1.33 bits per heavy atom. The van der Waals surface area contributed by atoms with Crippen LogP contribution in [0, 0.1) is 22.0 Å². The van der Waals surface area contributed by atoms with E-state index in [-0.39, 0.29) is 65.3 Å². The highest BCUT2D eigenvalue weighted by Crippen LogP contribution is 2.34. The monoisotopic (exact) mass is 731 g/mol. The van der Waals surface area contributed by atoms with Crippen LogP contribution in [0.3, 0.4) is 0 Å². The molecule has 5 rings (SSSR count). The smallest absolute Gasteiger partial charge is 0.387 e. The number of rotatable bonds is 13. The second-order valence-corrected chi connectivity index (χ2v) is 11.5. The lowest BCUT2D eigenvalue weighted by molar-refractivity contribution is -0.384. The fourth-order valence-corrected chi connectivity index (χ4v) is 5.60. The molecule has 13 nitrogen and oxygen atoms in total. The van der Waals surface area contributed by atoms with E-state index < -0.39 is 18.1 Å². The second-order valence-electron chi connectivity index (χ2n) is 11.5. The van der Waals surface area contributed by atoms with Crippen molar-refractivity contribution >= 4 is 28.9 Å². The first-order chi connectivity index (χ1) is 24.9. The van der Waals surface area contributed by atoms with Gasteiger partial charge in [-0.25, -0.2) is 10.4 Å². The van der Waals surface area contributed by atoms with Gasteiger partial charge in [-0.3, -0.25) is 19.7 Å². The van der Waals surface area contributed by atoms with E-state index in [1.165, 1.54) is 49.6 Å². The topological polar surface area (TPSA) is 154 Å². The average Bonchev–Trinajstić information content (AvgIpc) is 3.12. The summed E-state index contributed by atoms with van der Waals surface area (Å²) in [7, 11) is 2.73. The molecule has 17 heteroatoms. The van der Waals surface area contributed by atoms with Crippen LogP contribution in [0.2, 0.25) is 0 Å². The fraction of sp³-hybridized carbons (Fsp3) is 0.371. The Kier molecular flexibility index (Phi) is 13.5. The zero-order valence-corrected chi connectivity index (χ0v) is 28.7. The number of hydrogen-bond acceptors (Lipinski definition) is 10. The second kappa shape index (κ2) is 18.0. The Morgan fingerprint density at radius 3 is 1.81 bits per heavy atom. The number of amides is 2. The van der Waals surface area contributed by atoms with E-state index in [0.29, 0.717) is 41.0 Å². The Morgan fingerprint density at radius 1 is 0.808 bits per heavy atom. The van der Waals surface area contributed by atoms with Gasteiger partial charge >= 0.3 is 13.2 Å². The van der Waals surface area contributed by atoms with Gasteiger partial charge in [-0.2, -0.15) is 27.8 Å². The van der Waals surface area contributed by atoms with Crippen LogP contribution in [-0.4, -0.2) is 60.6 Å². The van der Waals surface area contributed by atoms with Crippen molar-refractivity contribution in [1.82, 2.24) is 10.4 Å². The summed E-state index contributed by atoms with van der Waals surface area (Å²) >= 11 is 0. The molecule has 2 aliphatic rings. The Balaban J connectivity index is 0.000000251. The number of ether oxygens (including phenoxy) is 4. The van der Waals surface area contributed by atoms with Crippen LogP contribution in [0.15, 0.2) is 70.9 Å². The standard InChI is InChI=1S/C21H21F2N3O5.C14H16F2N2O3/c1-3-14-11-19(27)25(12-13-4-7-16(8-5-13)26(28)29)24-20(14)15-6-9-17(30-2)18(10-15)31-21(22)23;1-3-8-7-12(19)17-18-13(8)9-4-5-10(20-2)11(6-9)21-14(15)16/h4-10,14,21H,3,11-12H2,1-2H3;4-6,8,14H,3,7H2,1-2H3,(H,17,19). The first-order valence-electron chi connectivity index (χ1n) is 16.1. The van der Waals surface area contributed by atoms with Gasteiger partial charge in [0.05, 0.1) is 37.1 Å². The molecule has 0 fully saturated rings. The third-order valence-electron chi connectivity index (χ3n) is 8.26. The van der Waals surface area contributed by atoms with E-state index in [4.69, 9.17) is 9.47 Å². The predicted octanol–water partition coefficient (Wildman–Crippen LogP) is 6.91. The maximum atomic E-state index is 12.8. The summed E-state index contributed by atoms with van der Waals surface area (Å²) in [5.41, 5.74) is 5.44. The summed E-state index contributed by atoms with van der Waals surface area (Å²) in [6.45, 7) is -1.96. The Labute approximate surface area is 296 Å². The van der Waals surface area contributed by atoms with Crippen molar-refractivity contribution in [3.05, 3.63) is 87.5 Å². The lowest BCUT2D eigenvalue weighted by atomic mass is 9.89. The molecule has 0 bridgehead atoms. The minimum atomic E-state index is -3.01. The number of alkyl halides is 4.